The molecular formula is C16H19N5. The first kappa shape index (κ1) is 14.9. The number of hydrogen-bond donors (Lipinski definition) is 1. The van der Waals surface area contributed by atoms with Crippen LogP contribution in [0.25, 0.3) is 0 Å². The number of nitrogens with one attached hydrogen (secondary N) is 1. The normalized spacial score (nSPS) is 15.0. The third-order valence-electron chi connectivity index (χ3n) is 3.69. The van der Waals surface area contributed by atoms with E-state index in [4.69, 9.17) is 10.5 Å². The minimum atomic E-state index is 0.0672. The molecule has 1 aliphatic heterocycles. The van der Waals surface area contributed by atoms with E-state index in [0.29, 0.717) is 0 Å². The van der Waals surface area contributed by atoms with Crippen molar-refractivity contribution >= 4 is 11.4 Å². The number of piperazine rings is 1. The summed E-state index contributed by atoms with van der Waals surface area (Å²) < 4.78 is 0. The number of nitrogens with zero attached hydrogens (tertiary/aromatic N) is 4. The van der Waals surface area contributed by atoms with Crippen LogP contribution in [0.1, 0.15) is 5.56 Å². The maximum absolute atomic E-state index is 8.72. The molecule has 108 valence electrons. The van der Waals surface area contributed by atoms with E-state index in [9.17, 15) is 0 Å². The standard InChI is InChI=1S/C16H19N5/c1-13-9-15(21-7-5-20(2)6-8-21)3-4-16(13)19-12-14(10-17)11-18/h3-4,9,12,19H,5-8H2,1-2H3. The van der Waals surface area contributed by atoms with Crippen LogP contribution in [0.3, 0.4) is 0 Å². The lowest BCUT2D eigenvalue weighted by Gasteiger charge is -2.34. The van der Waals surface area contributed by atoms with Crippen molar-refractivity contribution in [3.05, 3.63) is 35.5 Å². The van der Waals surface area contributed by atoms with Crippen LogP contribution in [0, 0.1) is 29.6 Å². The third kappa shape index (κ3) is 3.75. The molecule has 0 unspecified atom stereocenters. The first-order valence-electron chi connectivity index (χ1n) is 6.95. The molecule has 0 bridgehead atoms. The minimum Gasteiger partial charge on any atom is -0.369 e. The molecule has 0 radical (unpaired) electrons. The Morgan fingerprint density at radius 1 is 1.19 bits per heavy atom. The van der Waals surface area contributed by atoms with Gasteiger partial charge in [0.15, 0.2) is 0 Å². The van der Waals surface area contributed by atoms with Crippen LogP contribution in [0.5, 0.6) is 0 Å². The Hall–Kier alpha value is -2.50. The average molecular weight is 281 g/mol. The monoisotopic (exact) mass is 281 g/mol. The summed E-state index contributed by atoms with van der Waals surface area (Å²) in [4.78, 5) is 4.71. The smallest absolute Gasteiger partial charge is 0.145 e. The Labute approximate surface area is 125 Å². The number of benzene rings is 1. The summed E-state index contributed by atoms with van der Waals surface area (Å²) in [6.07, 6.45) is 1.44. The summed E-state index contributed by atoms with van der Waals surface area (Å²) in [7, 11) is 2.14. The van der Waals surface area contributed by atoms with Crippen LogP contribution in [0.2, 0.25) is 0 Å². The molecule has 1 aromatic carbocycles. The van der Waals surface area contributed by atoms with E-state index in [0.717, 1.165) is 37.4 Å². The van der Waals surface area contributed by atoms with Gasteiger partial charge in [0.2, 0.25) is 0 Å². The van der Waals surface area contributed by atoms with Gasteiger partial charge in [-0.05, 0) is 37.7 Å². The highest BCUT2D eigenvalue weighted by molar-refractivity contribution is 5.62. The van der Waals surface area contributed by atoms with Crippen molar-refractivity contribution in [2.24, 2.45) is 0 Å². The van der Waals surface area contributed by atoms with Crippen molar-refractivity contribution in [3.63, 3.8) is 0 Å². The van der Waals surface area contributed by atoms with Crippen LogP contribution in [-0.2, 0) is 0 Å². The fourth-order valence-electron chi connectivity index (χ4n) is 2.31. The molecule has 1 aliphatic rings. The van der Waals surface area contributed by atoms with Gasteiger partial charge in [-0.25, -0.2) is 0 Å². The number of rotatable bonds is 3. The van der Waals surface area contributed by atoms with Crippen molar-refractivity contribution < 1.29 is 0 Å². The Bertz CT molecular complexity index is 597. The van der Waals surface area contributed by atoms with Crippen LogP contribution in [0.15, 0.2) is 30.0 Å². The highest BCUT2D eigenvalue weighted by Gasteiger charge is 2.14. The molecular weight excluding hydrogens is 262 g/mol. The number of aryl methyl sites for hydroxylation is 1. The van der Waals surface area contributed by atoms with Crippen molar-refractivity contribution in [1.82, 2.24) is 4.90 Å². The Morgan fingerprint density at radius 2 is 1.86 bits per heavy atom. The quantitative estimate of drug-likeness (QED) is 0.859. The maximum Gasteiger partial charge on any atom is 0.145 e. The van der Waals surface area contributed by atoms with Crippen LogP contribution >= 0.6 is 0 Å². The topological polar surface area (TPSA) is 66.1 Å². The van der Waals surface area contributed by atoms with Crippen molar-refractivity contribution in [2.45, 2.75) is 6.92 Å². The maximum atomic E-state index is 8.72. The second-order valence-electron chi connectivity index (χ2n) is 5.22. The largest absolute Gasteiger partial charge is 0.369 e. The zero-order chi connectivity index (χ0) is 15.2. The molecule has 1 aromatic rings. The fraction of sp³-hybridized carbons (Fsp3) is 0.375. The van der Waals surface area contributed by atoms with Gasteiger partial charge in [0.1, 0.15) is 17.7 Å². The molecule has 5 nitrogen and oxygen atoms in total. The van der Waals surface area contributed by atoms with Gasteiger partial charge in [-0.1, -0.05) is 0 Å². The molecule has 1 heterocycles. The molecule has 1 N–H and O–H groups in total. The predicted octanol–water partition coefficient (Wildman–Crippen LogP) is 2.09. The Balaban J connectivity index is 2.10. The summed E-state index contributed by atoms with van der Waals surface area (Å²) in [6, 6.07) is 9.87. The van der Waals surface area contributed by atoms with E-state index in [2.05, 4.69) is 34.3 Å². The summed E-state index contributed by atoms with van der Waals surface area (Å²) >= 11 is 0. The lowest BCUT2D eigenvalue weighted by Crippen LogP contribution is -2.44. The second-order valence-corrected chi connectivity index (χ2v) is 5.22. The van der Waals surface area contributed by atoms with Gasteiger partial charge in [-0.2, -0.15) is 10.5 Å². The molecule has 0 aromatic heterocycles. The number of hydrogen-bond acceptors (Lipinski definition) is 5. The highest BCUT2D eigenvalue weighted by Crippen LogP contribution is 2.23. The van der Waals surface area contributed by atoms with Crippen molar-refractivity contribution in [3.8, 4) is 12.1 Å². The minimum absolute atomic E-state index is 0.0672. The number of anilines is 2. The van der Waals surface area contributed by atoms with Gasteiger partial charge in [-0.15, -0.1) is 0 Å². The first-order valence-corrected chi connectivity index (χ1v) is 6.95. The van der Waals surface area contributed by atoms with Gasteiger partial charge in [0.25, 0.3) is 0 Å². The summed E-state index contributed by atoms with van der Waals surface area (Å²) in [5.74, 6) is 0. The summed E-state index contributed by atoms with van der Waals surface area (Å²) in [5, 5.41) is 20.5. The van der Waals surface area contributed by atoms with E-state index in [1.54, 1.807) is 0 Å². The molecule has 0 aliphatic carbocycles. The molecule has 0 amide bonds. The summed E-state index contributed by atoms with van der Waals surface area (Å²) in [6.45, 7) is 6.25. The average Bonchev–Trinajstić information content (AvgIpc) is 2.50. The predicted molar refractivity (Wildman–Crippen MR) is 83.8 cm³/mol. The molecule has 0 saturated carbocycles. The third-order valence-corrected chi connectivity index (χ3v) is 3.69. The van der Waals surface area contributed by atoms with E-state index >= 15 is 0 Å². The van der Waals surface area contributed by atoms with Crippen LogP contribution in [-0.4, -0.2) is 38.1 Å². The van der Waals surface area contributed by atoms with Crippen molar-refractivity contribution in [2.75, 3.05) is 43.4 Å². The lowest BCUT2D eigenvalue weighted by atomic mass is 10.1. The zero-order valence-corrected chi connectivity index (χ0v) is 12.4. The van der Waals surface area contributed by atoms with Crippen molar-refractivity contribution in [1.29, 1.82) is 10.5 Å². The number of likely N-dealkylation sites (N-methyl/N-ethyl adjacent to an activating group) is 1. The van der Waals surface area contributed by atoms with Crippen LogP contribution < -0.4 is 10.2 Å². The SMILES string of the molecule is Cc1cc(N2CCN(C)CC2)ccc1NC=C(C#N)C#N. The van der Waals surface area contributed by atoms with Gasteiger partial charge in [-0.3, -0.25) is 0 Å². The molecule has 0 atom stereocenters. The molecule has 0 spiro atoms. The van der Waals surface area contributed by atoms with Gasteiger partial charge in [0.05, 0.1) is 0 Å². The van der Waals surface area contributed by atoms with E-state index in [1.807, 2.05) is 25.1 Å². The molecule has 5 heteroatoms. The second kappa shape index (κ2) is 6.78. The Morgan fingerprint density at radius 3 is 2.43 bits per heavy atom. The van der Waals surface area contributed by atoms with E-state index in [1.165, 1.54) is 11.9 Å². The van der Waals surface area contributed by atoms with Gasteiger partial charge in [0, 0.05) is 43.8 Å². The molecule has 21 heavy (non-hydrogen) atoms. The van der Waals surface area contributed by atoms with Gasteiger partial charge >= 0.3 is 0 Å². The Kier molecular flexibility index (Phi) is 4.81. The van der Waals surface area contributed by atoms with E-state index in [-0.39, 0.29) is 5.57 Å². The summed E-state index contributed by atoms with van der Waals surface area (Å²) in [5.41, 5.74) is 3.29. The number of allylic oxidation sites excluding steroid dienone is 1. The fourth-order valence-corrected chi connectivity index (χ4v) is 2.31. The molecule has 2 rings (SSSR count). The van der Waals surface area contributed by atoms with E-state index < -0.39 is 0 Å². The van der Waals surface area contributed by atoms with Gasteiger partial charge < -0.3 is 15.1 Å². The first-order chi connectivity index (χ1) is 10.1. The zero-order valence-electron chi connectivity index (χ0n) is 12.4. The molecule has 1 saturated heterocycles. The lowest BCUT2D eigenvalue weighted by molar-refractivity contribution is 0.313. The molecule has 1 fully saturated rings. The van der Waals surface area contributed by atoms with Crippen LogP contribution in [0.4, 0.5) is 11.4 Å². The number of nitriles is 2. The highest BCUT2D eigenvalue weighted by atomic mass is 15.2.